The largest absolute Gasteiger partial charge is 0.459 e. The molecule has 10 nitrogen and oxygen atoms in total. The van der Waals surface area contributed by atoms with Gasteiger partial charge in [-0.1, -0.05) is 33.4 Å². The predicted octanol–water partition coefficient (Wildman–Crippen LogP) is 3.76. The van der Waals surface area contributed by atoms with Crippen LogP contribution >= 0.6 is 0 Å². The van der Waals surface area contributed by atoms with E-state index in [0.29, 0.717) is 36.8 Å². The Morgan fingerprint density at radius 2 is 1.41 bits per heavy atom. The summed E-state index contributed by atoms with van der Waals surface area (Å²) in [6.07, 6.45) is 7.37. The fourth-order valence-corrected chi connectivity index (χ4v) is 6.37. The van der Waals surface area contributed by atoms with Gasteiger partial charge < -0.3 is 29.6 Å². The van der Waals surface area contributed by atoms with Gasteiger partial charge in [-0.2, -0.15) is 0 Å². The Morgan fingerprint density at radius 3 is 1.95 bits per heavy atom. The van der Waals surface area contributed by atoms with Crippen molar-refractivity contribution in [3.05, 3.63) is 25.3 Å². The van der Waals surface area contributed by atoms with Crippen molar-refractivity contribution in [3.63, 3.8) is 0 Å². The zero-order chi connectivity index (χ0) is 27.3. The highest BCUT2D eigenvalue weighted by Crippen LogP contribution is 2.62. The number of carbonyl (C=O) groups is 4. The van der Waals surface area contributed by atoms with Gasteiger partial charge in [-0.3, -0.25) is 0 Å². The number of esters is 2. The fraction of sp³-hybridized carbons (Fsp3) is 0.704. The van der Waals surface area contributed by atoms with Gasteiger partial charge in [0, 0.05) is 25.2 Å². The van der Waals surface area contributed by atoms with E-state index in [9.17, 15) is 19.2 Å². The molecule has 2 aliphatic rings. The molecule has 0 aromatic heterocycles. The molecule has 37 heavy (non-hydrogen) atoms. The SMILES string of the molecule is C=CC(=O)OCCOC(=O)NCCC1CCC2C1C(C)CC2(CC)CCNC(=O)OCCOC(=O)C=C. The Bertz CT molecular complexity index is 816. The molecule has 0 saturated heterocycles. The topological polar surface area (TPSA) is 129 Å². The van der Waals surface area contributed by atoms with Crippen molar-refractivity contribution in [1.29, 1.82) is 0 Å². The van der Waals surface area contributed by atoms with Gasteiger partial charge in [-0.25, -0.2) is 19.2 Å². The maximum atomic E-state index is 12.0. The number of ether oxygens (including phenoxy) is 4. The molecule has 0 bridgehead atoms. The molecule has 0 aromatic carbocycles. The smallest absolute Gasteiger partial charge is 0.407 e. The third kappa shape index (κ3) is 9.09. The molecule has 208 valence electrons. The molecular weight excluding hydrogens is 480 g/mol. The first kappa shape index (κ1) is 30.2. The first-order valence-corrected chi connectivity index (χ1v) is 13.2. The number of hydrogen-bond acceptors (Lipinski definition) is 8. The van der Waals surface area contributed by atoms with Gasteiger partial charge in [0.2, 0.25) is 0 Å². The van der Waals surface area contributed by atoms with Crippen LogP contribution in [0.3, 0.4) is 0 Å². The minimum atomic E-state index is -0.548. The molecule has 2 rings (SSSR count). The number of rotatable bonds is 15. The van der Waals surface area contributed by atoms with Crippen LogP contribution in [0.25, 0.3) is 0 Å². The normalized spacial score (nSPS) is 25.9. The zero-order valence-corrected chi connectivity index (χ0v) is 22.1. The summed E-state index contributed by atoms with van der Waals surface area (Å²) in [5, 5.41) is 5.64. The lowest BCUT2D eigenvalue weighted by Gasteiger charge is -2.35. The molecule has 0 radical (unpaired) electrons. The molecule has 0 spiro atoms. The molecule has 2 saturated carbocycles. The third-order valence-corrected chi connectivity index (χ3v) is 7.87. The summed E-state index contributed by atoms with van der Waals surface area (Å²) >= 11 is 0. The Kier molecular flexibility index (Phi) is 12.5. The average molecular weight is 523 g/mol. The van der Waals surface area contributed by atoms with Gasteiger partial charge in [-0.05, 0) is 61.2 Å². The summed E-state index contributed by atoms with van der Waals surface area (Å²) in [6, 6.07) is 0. The maximum absolute atomic E-state index is 12.0. The number of carbonyl (C=O) groups excluding carboxylic acids is 4. The molecule has 5 unspecified atom stereocenters. The van der Waals surface area contributed by atoms with Crippen LogP contribution in [0.2, 0.25) is 0 Å². The number of amides is 2. The molecule has 2 aliphatic carbocycles. The highest BCUT2D eigenvalue weighted by Gasteiger charge is 2.55. The van der Waals surface area contributed by atoms with E-state index in [1.807, 2.05) is 0 Å². The Balaban J connectivity index is 1.72. The van der Waals surface area contributed by atoms with Gasteiger partial charge in [0.15, 0.2) is 0 Å². The second-order valence-corrected chi connectivity index (χ2v) is 9.83. The number of hydrogen-bond donors (Lipinski definition) is 2. The van der Waals surface area contributed by atoms with Gasteiger partial charge in [-0.15, -0.1) is 0 Å². The lowest BCUT2D eigenvalue weighted by molar-refractivity contribution is -0.139. The number of nitrogens with one attached hydrogen (secondary N) is 2. The van der Waals surface area contributed by atoms with Gasteiger partial charge in [0.05, 0.1) is 0 Å². The summed E-state index contributed by atoms with van der Waals surface area (Å²) in [5.74, 6) is 1.22. The Hall–Kier alpha value is -3.04. The highest BCUT2D eigenvalue weighted by atomic mass is 16.6. The van der Waals surface area contributed by atoms with Crippen molar-refractivity contribution < 1.29 is 38.1 Å². The molecule has 2 fully saturated rings. The third-order valence-electron chi connectivity index (χ3n) is 7.87. The van der Waals surface area contributed by atoms with E-state index in [1.165, 1.54) is 0 Å². The summed E-state index contributed by atoms with van der Waals surface area (Å²) in [4.78, 5) is 45.9. The molecule has 2 N–H and O–H groups in total. The highest BCUT2D eigenvalue weighted by molar-refractivity contribution is 5.81. The van der Waals surface area contributed by atoms with Crippen molar-refractivity contribution >= 4 is 24.1 Å². The molecule has 0 heterocycles. The van der Waals surface area contributed by atoms with Crippen LogP contribution in [0.5, 0.6) is 0 Å². The van der Waals surface area contributed by atoms with Crippen molar-refractivity contribution in [2.24, 2.45) is 29.1 Å². The summed E-state index contributed by atoms with van der Waals surface area (Å²) in [7, 11) is 0. The van der Waals surface area contributed by atoms with Crippen LogP contribution in [-0.4, -0.2) is 63.6 Å². The van der Waals surface area contributed by atoms with Crippen LogP contribution in [0.4, 0.5) is 9.59 Å². The van der Waals surface area contributed by atoms with Crippen LogP contribution in [0.1, 0.15) is 52.4 Å². The van der Waals surface area contributed by atoms with E-state index >= 15 is 0 Å². The summed E-state index contributed by atoms with van der Waals surface area (Å²) < 4.78 is 19.7. The summed E-state index contributed by atoms with van der Waals surface area (Å²) in [6.45, 7) is 12.2. The van der Waals surface area contributed by atoms with Crippen LogP contribution in [0.15, 0.2) is 25.3 Å². The molecular formula is C27H42N2O8. The fourth-order valence-electron chi connectivity index (χ4n) is 6.37. The van der Waals surface area contributed by atoms with E-state index in [4.69, 9.17) is 18.9 Å². The van der Waals surface area contributed by atoms with Gasteiger partial charge >= 0.3 is 24.1 Å². The second kappa shape index (κ2) is 15.3. The van der Waals surface area contributed by atoms with E-state index < -0.39 is 24.1 Å². The molecule has 0 aromatic rings. The molecule has 0 aliphatic heterocycles. The quantitative estimate of drug-likeness (QED) is 0.144. The van der Waals surface area contributed by atoms with E-state index in [1.54, 1.807) is 0 Å². The molecule has 10 heteroatoms. The lowest BCUT2D eigenvalue weighted by Crippen LogP contribution is -2.34. The van der Waals surface area contributed by atoms with Gasteiger partial charge in [0.1, 0.15) is 26.4 Å². The lowest BCUT2D eigenvalue weighted by atomic mass is 9.71. The number of fused-ring (bicyclic) bond motifs is 1. The van der Waals surface area contributed by atoms with Crippen LogP contribution < -0.4 is 10.6 Å². The number of alkyl carbamates (subject to hydrolysis) is 2. The first-order chi connectivity index (χ1) is 17.8. The van der Waals surface area contributed by atoms with Crippen molar-refractivity contribution in [3.8, 4) is 0 Å². The van der Waals surface area contributed by atoms with Crippen molar-refractivity contribution in [1.82, 2.24) is 10.6 Å². The average Bonchev–Trinajstić information content (AvgIpc) is 3.44. The Morgan fingerprint density at radius 1 is 0.865 bits per heavy atom. The maximum Gasteiger partial charge on any atom is 0.407 e. The minimum Gasteiger partial charge on any atom is -0.459 e. The zero-order valence-electron chi connectivity index (χ0n) is 22.1. The van der Waals surface area contributed by atoms with E-state index in [-0.39, 0.29) is 31.8 Å². The summed E-state index contributed by atoms with van der Waals surface area (Å²) in [5.41, 5.74) is 0.181. The molecule has 5 atom stereocenters. The van der Waals surface area contributed by atoms with E-state index in [2.05, 4.69) is 37.6 Å². The van der Waals surface area contributed by atoms with Gasteiger partial charge in [0.25, 0.3) is 0 Å². The van der Waals surface area contributed by atoms with Crippen molar-refractivity contribution in [2.45, 2.75) is 52.4 Å². The van der Waals surface area contributed by atoms with Crippen LogP contribution in [-0.2, 0) is 28.5 Å². The Labute approximate surface area is 219 Å². The van der Waals surface area contributed by atoms with Crippen molar-refractivity contribution in [2.75, 3.05) is 39.5 Å². The second-order valence-electron chi connectivity index (χ2n) is 9.83. The predicted molar refractivity (Wildman–Crippen MR) is 136 cm³/mol. The monoisotopic (exact) mass is 522 g/mol. The standard InChI is InChI=1S/C27H42N2O8/c1-5-22(30)34-14-16-36-25(32)28-12-10-20-8-9-21-24(20)19(4)18-27(21,7-3)11-13-29-26(33)37-17-15-35-23(31)6-2/h5-6,19-21,24H,1-2,7-18H2,3-4H3,(H,28,32)(H,29,33). The van der Waals surface area contributed by atoms with Crippen LogP contribution in [0, 0.1) is 29.1 Å². The minimum absolute atomic E-state index is 0.0000623. The molecule has 2 amide bonds. The first-order valence-electron chi connectivity index (χ1n) is 13.2. The van der Waals surface area contributed by atoms with E-state index in [0.717, 1.165) is 50.7 Å².